The predicted octanol–water partition coefficient (Wildman–Crippen LogP) is 1.32. The number of aromatic nitrogens is 2. The van der Waals surface area contributed by atoms with E-state index in [1.54, 1.807) is 13.4 Å². The summed E-state index contributed by atoms with van der Waals surface area (Å²) >= 11 is 0. The Hall–Kier alpha value is -2.18. The van der Waals surface area contributed by atoms with E-state index in [2.05, 4.69) is 39.5 Å². The van der Waals surface area contributed by atoms with Crippen LogP contribution in [0.5, 0.6) is 0 Å². The van der Waals surface area contributed by atoms with Gasteiger partial charge in [0.05, 0.1) is 30.2 Å². The monoisotopic (exact) mass is 342 g/mol. The Morgan fingerprint density at radius 2 is 2.16 bits per heavy atom. The van der Waals surface area contributed by atoms with Gasteiger partial charge >= 0.3 is 0 Å². The van der Waals surface area contributed by atoms with Crippen LogP contribution >= 0.6 is 0 Å². The summed E-state index contributed by atoms with van der Waals surface area (Å²) in [6, 6.07) is 10.4. The molecule has 1 aliphatic heterocycles. The van der Waals surface area contributed by atoms with Gasteiger partial charge in [-0.1, -0.05) is 30.3 Å². The van der Waals surface area contributed by atoms with Crippen LogP contribution in [0.3, 0.4) is 0 Å². The minimum absolute atomic E-state index is 0.0475. The van der Waals surface area contributed by atoms with Crippen LogP contribution in [0.2, 0.25) is 0 Å². The minimum Gasteiger partial charge on any atom is -0.383 e. The first kappa shape index (κ1) is 17.6. The first-order chi connectivity index (χ1) is 12.2. The number of amides is 1. The van der Waals surface area contributed by atoms with Gasteiger partial charge in [0.15, 0.2) is 0 Å². The first-order valence-corrected chi connectivity index (χ1v) is 8.72. The highest BCUT2D eigenvalue weighted by Gasteiger charge is 2.33. The number of methoxy groups -OCH3 is 1. The summed E-state index contributed by atoms with van der Waals surface area (Å²) in [4.78, 5) is 19.5. The molecule has 6 nitrogen and oxygen atoms in total. The number of carbonyl (C=O) groups excluding carboxylic acids is 1. The zero-order valence-corrected chi connectivity index (χ0v) is 14.9. The molecular weight excluding hydrogens is 316 g/mol. The molecule has 1 aliphatic rings. The Kier molecular flexibility index (Phi) is 5.83. The second-order valence-electron chi connectivity index (χ2n) is 6.49. The van der Waals surface area contributed by atoms with Crippen LogP contribution in [0.4, 0.5) is 0 Å². The Balaban J connectivity index is 1.68. The van der Waals surface area contributed by atoms with E-state index in [9.17, 15) is 4.79 Å². The number of imidazole rings is 1. The molecule has 1 aromatic carbocycles. The molecule has 0 bridgehead atoms. The minimum atomic E-state index is -0.191. The molecule has 1 N–H and O–H groups in total. The van der Waals surface area contributed by atoms with Gasteiger partial charge in [-0.05, 0) is 12.0 Å². The fourth-order valence-electron chi connectivity index (χ4n) is 3.39. The molecule has 1 atom stereocenters. The van der Waals surface area contributed by atoms with E-state index < -0.39 is 0 Å². The predicted molar refractivity (Wildman–Crippen MR) is 96.3 cm³/mol. The van der Waals surface area contributed by atoms with E-state index in [-0.39, 0.29) is 11.8 Å². The number of benzene rings is 1. The number of hydrogen-bond donors (Lipinski definition) is 1. The molecule has 0 spiro atoms. The topological polar surface area (TPSA) is 59.4 Å². The molecule has 3 rings (SSSR count). The second kappa shape index (κ2) is 8.27. The van der Waals surface area contributed by atoms with Crippen molar-refractivity contribution in [2.24, 2.45) is 7.05 Å². The van der Waals surface area contributed by atoms with E-state index in [1.807, 2.05) is 17.7 Å². The summed E-state index contributed by atoms with van der Waals surface area (Å²) in [6.45, 7) is 3.49. The summed E-state index contributed by atoms with van der Waals surface area (Å²) in [5.74, 6) is -0.143. The highest BCUT2D eigenvalue weighted by atomic mass is 16.5. The van der Waals surface area contributed by atoms with E-state index in [0.717, 1.165) is 37.4 Å². The Bertz CT molecular complexity index is 699. The molecule has 0 saturated heterocycles. The molecule has 6 heteroatoms. The van der Waals surface area contributed by atoms with Crippen molar-refractivity contribution in [3.05, 3.63) is 53.6 Å². The van der Waals surface area contributed by atoms with Gasteiger partial charge in [-0.25, -0.2) is 4.98 Å². The van der Waals surface area contributed by atoms with Gasteiger partial charge in [-0.15, -0.1) is 0 Å². The van der Waals surface area contributed by atoms with Crippen LogP contribution in [0.1, 0.15) is 22.9 Å². The number of aryl methyl sites for hydroxylation is 1. The third-order valence-electron chi connectivity index (χ3n) is 4.69. The molecule has 1 amide bonds. The van der Waals surface area contributed by atoms with Gasteiger partial charge in [0.1, 0.15) is 0 Å². The lowest BCUT2D eigenvalue weighted by molar-refractivity contribution is -0.123. The first-order valence-electron chi connectivity index (χ1n) is 8.72. The summed E-state index contributed by atoms with van der Waals surface area (Å²) in [5, 5.41) is 2.97. The van der Waals surface area contributed by atoms with Crippen LogP contribution in [-0.2, 0) is 29.5 Å². The Morgan fingerprint density at radius 1 is 1.36 bits per heavy atom. The fourth-order valence-corrected chi connectivity index (χ4v) is 3.39. The maximum atomic E-state index is 12.7. The molecule has 2 aromatic rings. The SMILES string of the molecule is COCCNC(=O)C1CN(CCc2ccccc2)Cc2ncn(C)c21. The summed E-state index contributed by atoms with van der Waals surface area (Å²) in [6.07, 6.45) is 2.78. The molecule has 1 aromatic heterocycles. The third-order valence-corrected chi connectivity index (χ3v) is 4.69. The van der Waals surface area contributed by atoms with Crippen LogP contribution in [0, 0.1) is 0 Å². The molecule has 2 heterocycles. The average molecular weight is 342 g/mol. The summed E-state index contributed by atoms with van der Waals surface area (Å²) < 4.78 is 7.00. The Morgan fingerprint density at radius 3 is 2.92 bits per heavy atom. The number of carbonyl (C=O) groups is 1. The number of rotatable bonds is 7. The lowest BCUT2D eigenvalue weighted by Gasteiger charge is -2.32. The van der Waals surface area contributed by atoms with Crippen LogP contribution < -0.4 is 5.32 Å². The van der Waals surface area contributed by atoms with Gasteiger partial charge < -0.3 is 14.6 Å². The fraction of sp³-hybridized carbons (Fsp3) is 0.474. The van der Waals surface area contributed by atoms with Gasteiger partial charge in [-0.3, -0.25) is 9.69 Å². The summed E-state index contributed by atoms with van der Waals surface area (Å²) in [7, 11) is 3.60. The van der Waals surface area contributed by atoms with Crippen molar-refractivity contribution in [3.8, 4) is 0 Å². The zero-order chi connectivity index (χ0) is 17.6. The van der Waals surface area contributed by atoms with Crippen molar-refractivity contribution in [3.63, 3.8) is 0 Å². The number of nitrogens with zero attached hydrogens (tertiary/aromatic N) is 3. The van der Waals surface area contributed by atoms with Gasteiger partial charge in [-0.2, -0.15) is 0 Å². The molecule has 0 saturated carbocycles. The van der Waals surface area contributed by atoms with Crippen molar-refractivity contribution in [1.29, 1.82) is 0 Å². The molecule has 25 heavy (non-hydrogen) atoms. The second-order valence-corrected chi connectivity index (χ2v) is 6.49. The van der Waals surface area contributed by atoms with Crippen LogP contribution in [-0.4, -0.2) is 53.7 Å². The van der Waals surface area contributed by atoms with E-state index >= 15 is 0 Å². The molecule has 0 aliphatic carbocycles. The largest absolute Gasteiger partial charge is 0.383 e. The third kappa shape index (κ3) is 4.27. The lowest BCUT2D eigenvalue weighted by atomic mass is 9.96. The van der Waals surface area contributed by atoms with Crippen molar-refractivity contribution in [1.82, 2.24) is 19.8 Å². The number of fused-ring (bicyclic) bond motifs is 1. The van der Waals surface area contributed by atoms with Crippen LogP contribution in [0.25, 0.3) is 0 Å². The normalized spacial score (nSPS) is 17.3. The molecule has 0 fully saturated rings. The highest BCUT2D eigenvalue weighted by molar-refractivity contribution is 5.84. The van der Waals surface area contributed by atoms with Crippen molar-refractivity contribution in [2.75, 3.05) is 33.4 Å². The van der Waals surface area contributed by atoms with Gasteiger partial charge in [0, 0.05) is 40.3 Å². The average Bonchev–Trinajstić information content (AvgIpc) is 3.01. The molecule has 0 radical (unpaired) electrons. The Labute approximate surface area is 148 Å². The molecular formula is C19H26N4O2. The van der Waals surface area contributed by atoms with Crippen molar-refractivity contribution >= 4 is 5.91 Å². The van der Waals surface area contributed by atoms with E-state index in [0.29, 0.717) is 13.2 Å². The number of nitrogens with one attached hydrogen (secondary N) is 1. The van der Waals surface area contributed by atoms with E-state index in [1.165, 1.54) is 5.56 Å². The number of hydrogen-bond acceptors (Lipinski definition) is 4. The van der Waals surface area contributed by atoms with Crippen LogP contribution in [0.15, 0.2) is 36.7 Å². The maximum Gasteiger partial charge on any atom is 0.230 e. The zero-order valence-electron chi connectivity index (χ0n) is 14.9. The van der Waals surface area contributed by atoms with Crippen molar-refractivity contribution in [2.45, 2.75) is 18.9 Å². The number of ether oxygens (including phenoxy) is 1. The quantitative estimate of drug-likeness (QED) is 0.771. The highest BCUT2D eigenvalue weighted by Crippen LogP contribution is 2.27. The van der Waals surface area contributed by atoms with Gasteiger partial charge in [0.2, 0.25) is 5.91 Å². The standard InChI is InChI=1S/C19H26N4O2/c1-22-14-21-17-13-23(10-8-15-6-4-3-5-7-15)12-16(18(17)22)19(24)20-9-11-25-2/h3-7,14,16H,8-13H2,1-2H3,(H,20,24). The molecule has 1 unspecified atom stereocenters. The van der Waals surface area contributed by atoms with Gasteiger partial charge in [0.25, 0.3) is 0 Å². The van der Waals surface area contributed by atoms with E-state index in [4.69, 9.17) is 4.74 Å². The smallest absolute Gasteiger partial charge is 0.230 e. The summed E-state index contributed by atoms with van der Waals surface area (Å²) in [5.41, 5.74) is 3.36. The lowest BCUT2D eigenvalue weighted by Crippen LogP contribution is -2.43. The van der Waals surface area contributed by atoms with Crippen molar-refractivity contribution < 1.29 is 9.53 Å². The maximum absolute atomic E-state index is 12.7. The molecule has 134 valence electrons.